The number of halogens is 2. The van der Waals surface area contributed by atoms with Crippen molar-refractivity contribution in [3.05, 3.63) is 23.9 Å². The summed E-state index contributed by atoms with van der Waals surface area (Å²) in [7, 11) is 0. The van der Waals surface area contributed by atoms with Gasteiger partial charge in [-0.2, -0.15) is 0 Å². The van der Waals surface area contributed by atoms with Gasteiger partial charge in [0.2, 0.25) is 5.91 Å². The number of hydrogen-bond donors (Lipinski definition) is 2. The number of carbonyl (C=O) groups excluding carboxylic acids is 2. The predicted octanol–water partition coefficient (Wildman–Crippen LogP) is 1.58. The number of primary amides is 1. The van der Waals surface area contributed by atoms with Gasteiger partial charge < -0.3 is 21.3 Å². The molecule has 1 aliphatic heterocycles. The highest BCUT2D eigenvalue weighted by Crippen LogP contribution is 2.19. The van der Waals surface area contributed by atoms with Crippen molar-refractivity contribution in [2.24, 2.45) is 11.5 Å². The second-order valence-corrected chi connectivity index (χ2v) is 6.06. The van der Waals surface area contributed by atoms with E-state index in [4.69, 9.17) is 11.5 Å². The maximum absolute atomic E-state index is 12.2. The first-order valence-corrected chi connectivity index (χ1v) is 8.61. The molecule has 0 unspecified atom stereocenters. The molecule has 1 aliphatic rings. The highest BCUT2D eigenvalue weighted by molar-refractivity contribution is 5.97. The number of rotatable bonds is 8. The van der Waals surface area contributed by atoms with Crippen molar-refractivity contribution < 1.29 is 9.59 Å². The van der Waals surface area contributed by atoms with Gasteiger partial charge in [-0.1, -0.05) is 12.8 Å². The van der Waals surface area contributed by atoms with Crippen molar-refractivity contribution in [1.82, 2.24) is 9.88 Å². The number of amides is 2. The van der Waals surface area contributed by atoms with Crippen molar-refractivity contribution in [3.63, 3.8) is 0 Å². The Morgan fingerprint density at radius 2 is 1.69 bits per heavy atom. The molecule has 26 heavy (non-hydrogen) atoms. The van der Waals surface area contributed by atoms with Crippen LogP contribution in [0.2, 0.25) is 0 Å². The van der Waals surface area contributed by atoms with Crippen molar-refractivity contribution in [2.45, 2.75) is 32.1 Å². The molecule has 148 valence electrons. The van der Waals surface area contributed by atoms with Crippen LogP contribution in [0.3, 0.4) is 0 Å². The van der Waals surface area contributed by atoms with Crippen LogP contribution in [0.4, 0.5) is 5.82 Å². The van der Waals surface area contributed by atoms with E-state index in [0.717, 1.165) is 32.2 Å². The molecule has 7 nitrogen and oxygen atoms in total. The number of hydrogen-bond acceptors (Lipinski definition) is 5. The normalized spacial score (nSPS) is 13.6. The summed E-state index contributed by atoms with van der Waals surface area (Å²) in [6.07, 6.45) is 6.34. The SMILES string of the molecule is Cl.Cl.NCCCCCCC(=O)N1CCN(c2ncccc2C(N)=O)CC1. The molecular weight excluding hydrogens is 377 g/mol. The summed E-state index contributed by atoms with van der Waals surface area (Å²) in [5.74, 6) is 0.339. The van der Waals surface area contributed by atoms with E-state index >= 15 is 0 Å². The topological polar surface area (TPSA) is 106 Å². The molecule has 9 heteroatoms. The molecular formula is C17H29Cl2N5O2. The third kappa shape index (κ3) is 6.97. The van der Waals surface area contributed by atoms with Gasteiger partial charge in [0.05, 0.1) is 5.56 Å². The molecule has 0 bridgehead atoms. The number of anilines is 1. The van der Waals surface area contributed by atoms with Gasteiger partial charge in [-0.25, -0.2) is 4.98 Å². The standard InChI is InChI=1S/C17H27N5O2.2ClH/c18-8-4-2-1-3-7-15(23)21-10-12-22(13-11-21)17-14(16(19)24)6-5-9-20-17;;/h5-6,9H,1-4,7-8,10-13,18H2,(H2,19,24);2*1H. The highest BCUT2D eigenvalue weighted by Gasteiger charge is 2.23. The number of pyridine rings is 1. The molecule has 1 aromatic heterocycles. The fourth-order valence-corrected chi connectivity index (χ4v) is 2.94. The van der Waals surface area contributed by atoms with Crippen molar-refractivity contribution in [2.75, 3.05) is 37.6 Å². The van der Waals surface area contributed by atoms with Gasteiger partial charge in [-0.3, -0.25) is 9.59 Å². The summed E-state index contributed by atoms with van der Waals surface area (Å²) in [6, 6.07) is 3.39. The second-order valence-electron chi connectivity index (χ2n) is 6.06. The van der Waals surface area contributed by atoms with Crippen LogP contribution in [0.1, 0.15) is 42.5 Å². The molecule has 1 aromatic rings. The molecule has 2 heterocycles. The first-order chi connectivity index (χ1) is 11.6. The van der Waals surface area contributed by atoms with E-state index in [2.05, 4.69) is 4.98 Å². The lowest BCUT2D eigenvalue weighted by Gasteiger charge is -2.36. The second kappa shape index (κ2) is 12.7. The zero-order chi connectivity index (χ0) is 17.4. The van der Waals surface area contributed by atoms with Crippen LogP contribution in [0.15, 0.2) is 18.3 Å². The molecule has 0 radical (unpaired) electrons. The van der Waals surface area contributed by atoms with Crippen LogP contribution in [0.25, 0.3) is 0 Å². The number of nitrogens with two attached hydrogens (primary N) is 2. The van der Waals surface area contributed by atoms with E-state index in [-0.39, 0.29) is 30.7 Å². The molecule has 1 saturated heterocycles. The van der Waals surface area contributed by atoms with Crippen LogP contribution in [0, 0.1) is 0 Å². The van der Waals surface area contributed by atoms with Crippen molar-refractivity contribution >= 4 is 42.4 Å². The highest BCUT2D eigenvalue weighted by atomic mass is 35.5. The van der Waals surface area contributed by atoms with Gasteiger partial charge in [-0.15, -0.1) is 24.8 Å². The maximum atomic E-state index is 12.2. The Morgan fingerprint density at radius 3 is 2.31 bits per heavy atom. The smallest absolute Gasteiger partial charge is 0.252 e. The average molecular weight is 406 g/mol. The molecule has 0 aromatic carbocycles. The quantitative estimate of drug-likeness (QED) is 0.638. The Hall–Kier alpha value is -1.57. The summed E-state index contributed by atoms with van der Waals surface area (Å²) in [6.45, 7) is 3.34. The fraction of sp³-hybridized carbons (Fsp3) is 0.588. The lowest BCUT2D eigenvalue weighted by atomic mass is 10.1. The summed E-state index contributed by atoms with van der Waals surface area (Å²) >= 11 is 0. The Kier molecular flexibility index (Phi) is 12.0. The van der Waals surface area contributed by atoms with Gasteiger partial charge >= 0.3 is 0 Å². The molecule has 4 N–H and O–H groups in total. The molecule has 0 aliphatic carbocycles. The van der Waals surface area contributed by atoms with Crippen LogP contribution in [-0.4, -0.2) is 54.4 Å². The zero-order valence-electron chi connectivity index (χ0n) is 14.9. The molecule has 2 amide bonds. The monoisotopic (exact) mass is 405 g/mol. The number of nitrogens with zero attached hydrogens (tertiary/aromatic N) is 3. The minimum atomic E-state index is -0.478. The molecule has 0 saturated carbocycles. The minimum absolute atomic E-state index is 0. The van der Waals surface area contributed by atoms with Gasteiger partial charge in [0.1, 0.15) is 5.82 Å². The van der Waals surface area contributed by atoms with Gasteiger partial charge in [0.25, 0.3) is 5.91 Å². The molecule has 1 fully saturated rings. The van der Waals surface area contributed by atoms with E-state index in [1.165, 1.54) is 0 Å². The lowest BCUT2D eigenvalue weighted by Crippen LogP contribution is -2.49. The number of aromatic nitrogens is 1. The van der Waals surface area contributed by atoms with Crippen LogP contribution in [0.5, 0.6) is 0 Å². The van der Waals surface area contributed by atoms with Crippen molar-refractivity contribution in [3.8, 4) is 0 Å². The first-order valence-electron chi connectivity index (χ1n) is 8.61. The van der Waals surface area contributed by atoms with Gasteiger partial charge in [-0.05, 0) is 31.5 Å². The summed E-state index contributed by atoms with van der Waals surface area (Å²) in [5.41, 5.74) is 11.3. The number of carbonyl (C=O) groups is 2. The molecule has 0 atom stereocenters. The van der Waals surface area contributed by atoms with Gasteiger partial charge in [0, 0.05) is 38.8 Å². The fourth-order valence-electron chi connectivity index (χ4n) is 2.94. The summed E-state index contributed by atoms with van der Waals surface area (Å²) < 4.78 is 0. The Morgan fingerprint density at radius 1 is 1.04 bits per heavy atom. The minimum Gasteiger partial charge on any atom is -0.365 e. The number of piperazine rings is 1. The summed E-state index contributed by atoms with van der Waals surface area (Å²) in [5, 5.41) is 0. The third-order valence-corrected chi connectivity index (χ3v) is 4.33. The van der Waals surface area contributed by atoms with Crippen LogP contribution < -0.4 is 16.4 Å². The maximum Gasteiger partial charge on any atom is 0.252 e. The Balaban J connectivity index is 0.00000312. The van der Waals surface area contributed by atoms with Crippen LogP contribution >= 0.6 is 24.8 Å². The molecule has 0 spiro atoms. The first kappa shape index (κ1) is 24.4. The van der Waals surface area contributed by atoms with E-state index in [0.29, 0.717) is 44.0 Å². The van der Waals surface area contributed by atoms with E-state index < -0.39 is 5.91 Å². The predicted molar refractivity (Wildman–Crippen MR) is 108 cm³/mol. The van der Waals surface area contributed by atoms with E-state index in [1.807, 2.05) is 9.80 Å². The van der Waals surface area contributed by atoms with Gasteiger partial charge in [0.15, 0.2) is 0 Å². The van der Waals surface area contributed by atoms with Crippen molar-refractivity contribution in [1.29, 1.82) is 0 Å². The Bertz CT molecular complexity index is 566. The lowest BCUT2D eigenvalue weighted by molar-refractivity contribution is -0.131. The summed E-state index contributed by atoms with van der Waals surface area (Å²) in [4.78, 5) is 32.0. The van der Waals surface area contributed by atoms with Crippen LogP contribution in [-0.2, 0) is 4.79 Å². The number of unbranched alkanes of at least 4 members (excludes halogenated alkanes) is 3. The third-order valence-electron chi connectivity index (χ3n) is 4.33. The van der Waals surface area contributed by atoms with E-state index in [1.54, 1.807) is 18.3 Å². The zero-order valence-corrected chi connectivity index (χ0v) is 16.6. The average Bonchev–Trinajstić information content (AvgIpc) is 2.61. The molecule has 2 rings (SSSR count). The van der Waals surface area contributed by atoms with E-state index in [9.17, 15) is 9.59 Å². The largest absolute Gasteiger partial charge is 0.365 e. The Labute approximate surface area is 167 Å².